The van der Waals surface area contributed by atoms with Crippen molar-refractivity contribution in [3.8, 4) is 0 Å². The van der Waals surface area contributed by atoms with E-state index in [2.05, 4.69) is 13.8 Å². The maximum absolute atomic E-state index is 10.9. The number of carbonyl (C=O) groups excluding carboxylic acids is 1. The summed E-state index contributed by atoms with van der Waals surface area (Å²) in [6, 6.07) is 0. The van der Waals surface area contributed by atoms with Crippen LogP contribution in [0.25, 0.3) is 0 Å². The molecule has 0 bridgehead atoms. The van der Waals surface area contributed by atoms with E-state index in [0.717, 1.165) is 12.5 Å². The van der Waals surface area contributed by atoms with Gasteiger partial charge in [-0.05, 0) is 18.8 Å². The Kier molecular flexibility index (Phi) is 7.48. The Morgan fingerprint density at radius 3 is 2.21 bits per heavy atom. The van der Waals surface area contributed by atoms with Crippen LogP contribution in [0.1, 0.15) is 33.1 Å². The third-order valence-corrected chi connectivity index (χ3v) is 1.77. The quantitative estimate of drug-likeness (QED) is 0.695. The first-order valence-electron chi connectivity index (χ1n) is 5.39. The molecular weight excluding hydrogens is 178 g/mol. The molecule has 0 aromatic carbocycles. The van der Waals surface area contributed by atoms with Crippen LogP contribution >= 0.6 is 0 Å². The zero-order chi connectivity index (χ0) is 11.0. The second kappa shape index (κ2) is 7.80. The molecule has 0 aromatic rings. The average Bonchev–Trinajstić information content (AvgIpc) is 2.89. The molecule has 0 saturated heterocycles. The van der Waals surface area contributed by atoms with E-state index in [-0.39, 0.29) is 12.5 Å². The predicted molar refractivity (Wildman–Crippen MR) is 58.2 cm³/mol. The Morgan fingerprint density at radius 1 is 1.36 bits per heavy atom. The summed E-state index contributed by atoms with van der Waals surface area (Å²) in [5, 5.41) is 0. The summed E-state index contributed by atoms with van der Waals surface area (Å²) in [5.41, 5.74) is 0. The van der Waals surface area contributed by atoms with Gasteiger partial charge in [0.2, 0.25) is 5.91 Å². The van der Waals surface area contributed by atoms with Gasteiger partial charge in [0.1, 0.15) is 6.61 Å². The second-order valence-corrected chi connectivity index (χ2v) is 3.95. The number of carbonyl (C=O) groups is 1. The average molecular weight is 201 g/mol. The molecule has 0 spiro atoms. The Balaban J connectivity index is 0.000000500. The molecule has 1 rings (SSSR count). The highest BCUT2D eigenvalue weighted by Gasteiger charge is 2.21. The molecular formula is C11H23NO2. The molecule has 14 heavy (non-hydrogen) atoms. The maximum atomic E-state index is 10.9. The van der Waals surface area contributed by atoms with E-state index >= 15 is 0 Å². The molecule has 1 amide bonds. The molecule has 0 aromatic heterocycles. The van der Waals surface area contributed by atoms with Gasteiger partial charge < -0.3 is 9.64 Å². The van der Waals surface area contributed by atoms with Crippen LogP contribution in [0.2, 0.25) is 0 Å². The highest BCUT2D eigenvalue weighted by molar-refractivity contribution is 5.76. The van der Waals surface area contributed by atoms with E-state index in [9.17, 15) is 4.79 Å². The minimum Gasteiger partial charge on any atom is -0.371 e. The van der Waals surface area contributed by atoms with Crippen molar-refractivity contribution in [3.63, 3.8) is 0 Å². The van der Waals surface area contributed by atoms with Crippen LogP contribution in [-0.4, -0.2) is 38.1 Å². The first kappa shape index (κ1) is 13.4. The van der Waals surface area contributed by atoms with E-state index in [4.69, 9.17) is 4.74 Å². The maximum Gasteiger partial charge on any atom is 0.248 e. The number of amides is 1. The molecule has 0 N–H and O–H groups in total. The number of nitrogens with zero attached hydrogens (tertiary/aromatic N) is 1. The SMILES string of the molecule is CCC.CN(C)C(=O)COCC1CC1. The summed E-state index contributed by atoms with van der Waals surface area (Å²) in [7, 11) is 3.48. The van der Waals surface area contributed by atoms with Gasteiger partial charge in [-0.1, -0.05) is 20.3 Å². The van der Waals surface area contributed by atoms with E-state index in [1.54, 1.807) is 19.0 Å². The van der Waals surface area contributed by atoms with Gasteiger partial charge in [0.15, 0.2) is 0 Å². The number of hydrogen-bond acceptors (Lipinski definition) is 2. The minimum atomic E-state index is 0.0469. The highest BCUT2D eigenvalue weighted by atomic mass is 16.5. The molecule has 0 aliphatic heterocycles. The molecule has 0 radical (unpaired) electrons. The minimum absolute atomic E-state index is 0.0469. The van der Waals surface area contributed by atoms with Gasteiger partial charge in [0, 0.05) is 14.1 Å². The van der Waals surface area contributed by atoms with Crippen molar-refractivity contribution in [1.82, 2.24) is 4.90 Å². The molecule has 0 unspecified atom stereocenters. The van der Waals surface area contributed by atoms with Crippen molar-refractivity contribution in [3.05, 3.63) is 0 Å². The molecule has 1 aliphatic rings. The number of ether oxygens (including phenoxy) is 1. The van der Waals surface area contributed by atoms with Crippen LogP contribution in [0.3, 0.4) is 0 Å². The van der Waals surface area contributed by atoms with Crippen LogP contribution in [0.5, 0.6) is 0 Å². The van der Waals surface area contributed by atoms with Gasteiger partial charge in [-0.2, -0.15) is 0 Å². The molecule has 1 aliphatic carbocycles. The van der Waals surface area contributed by atoms with Crippen molar-refractivity contribution >= 4 is 5.91 Å². The largest absolute Gasteiger partial charge is 0.371 e. The van der Waals surface area contributed by atoms with Crippen LogP contribution in [0.4, 0.5) is 0 Å². The molecule has 1 fully saturated rings. The lowest BCUT2D eigenvalue weighted by Crippen LogP contribution is -2.26. The lowest BCUT2D eigenvalue weighted by atomic mass is 10.5. The molecule has 0 atom stereocenters. The fourth-order valence-electron chi connectivity index (χ4n) is 0.727. The molecule has 0 heterocycles. The van der Waals surface area contributed by atoms with Crippen LogP contribution in [0, 0.1) is 5.92 Å². The topological polar surface area (TPSA) is 29.5 Å². The zero-order valence-electron chi connectivity index (χ0n) is 9.88. The van der Waals surface area contributed by atoms with E-state index in [1.165, 1.54) is 19.3 Å². The number of hydrogen-bond donors (Lipinski definition) is 0. The summed E-state index contributed by atoms with van der Waals surface area (Å²) >= 11 is 0. The lowest BCUT2D eigenvalue weighted by molar-refractivity contribution is -0.133. The summed E-state index contributed by atoms with van der Waals surface area (Å²) in [6.07, 6.45) is 3.80. The molecule has 3 nitrogen and oxygen atoms in total. The Hall–Kier alpha value is -0.570. The van der Waals surface area contributed by atoms with Crippen molar-refractivity contribution < 1.29 is 9.53 Å². The van der Waals surface area contributed by atoms with Crippen LogP contribution in [-0.2, 0) is 9.53 Å². The summed E-state index contributed by atoms with van der Waals surface area (Å²) in [5.74, 6) is 0.788. The first-order valence-corrected chi connectivity index (χ1v) is 5.39. The van der Waals surface area contributed by atoms with E-state index in [1.807, 2.05) is 0 Å². The first-order chi connectivity index (χ1) is 6.61. The van der Waals surface area contributed by atoms with Crippen molar-refractivity contribution in [2.24, 2.45) is 5.92 Å². The summed E-state index contributed by atoms with van der Waals surface area (Å²) in [4.78, 5) is 12.5. The summed E-state index contributed by atoms with van der Waals surface area (Å²) in [6.45, 7) is 5.25. The molecule has 1 saturated carbocycles. The zero-order valence-corrected chi connectivity index (χ0v) is 9.88. The fraction of sp³-hybridized carbons (Fsp3) is 0.909. The van der Waals surface area contributed by atoms with E-state index in [0.29, 0.717) is 0 Å². The fourth-order valence-corrected chi connectivity index (χ4v) is 0.727. The Bertz CT molecular complexity index is 153. The summed E-state index contributed by atoms with van der Waals surface area (Å²) < 4.78 is 5.19. The predicted octanol–water partition coefficient (Wildman–Crippen LogP) is 1.92. The van der Waals surface area contributed by atoms with Crippen molar-refractivity contribution in [2.75, 3.05) is 27.3 Å². The third kappa shape index (κ3) is 8.05. The van der Waals surface area contributed by atoms with E-state index < -0.39 is 0 Å². The van der Waals surface area contributed by atoms with Gasteiger partial charge in [-0.3, -0.25) is 4.79 Å². The van der Waals surface area contributed by atoms with Gasteiger partial charge in [-0.15, -0.1) is 0 Å². The van der Waals surface area contributed by atoms with Crippen LogP contribution < -0.4 is 0 Å². The van der Waals surface area contributed by atoms with Crippen LogP contribution in [0.15, 0.2) is 0 Å². The van der Waals surface area contributed by atoms with Gasteiger partial charge >= 0.3 is 0 Å². The van der Waals surface area contributed by atoms with Gasteiger partial charge in [0.05, 0.1) is 6.61 Å². The smallest absolute Gasteiger partial charge is 0.248 e. The molecule has 3 heteroatoms. The van der Waals surface area contributed by atoms with Gasteiger partial charge in [-0.25, -0.2) is 0 Å². The third-order valence-electron chi connectivity index (χ3n) is 1.77. The second-order valence-electron chi connectivity index (χ2n) is 3.95. The number of likely N-dealkylation sites (N-methyl/N-ethyl adjacent to an activating group) is 1. The Labute approximate surface area is 87.4 Å². The highest BCUT2D eigenvalue weighted by Crippen LogP contribution is 2.28. The van der Waals surface area contributed by atoms with Gasteiger partial charge in [0.25, 0.3) is 0 Å². The standard InChI is InChI=1S/C8H15NO2.C3H8/c1-9(2)8(10)6-11-5-7-3-4-7;1-3-2/h7H,3-6H2,1-2H3;3H2,1-2H3. The van der Waals surface area contributed by atoms with Crippen molar-refractivity contribution in [2.45, 2.75) is 33.1 Å². The Morgan fingerprint density at radius 2 is 1.86 bits per heavy atom. The number of rotatable bonds is 4. The molecule has 84 valence electrons. The normalized spacial score (nSPS) is 14.3. The van der Waals surface area contributed by atoms with Crippen molar-refractivity contribution in [1.29, 1.82) is 0 Å². The monoisotopic (exact) mass is 201 g/mol. The lowest BCUT2D eigenvalue weighted by Gasteiger charge is -2.09.